The molecule has 2 heterocycles. The number of anilines is 1. The van der Waals surface area contributed by atoms with Gasteiger partial charge in [-0.1, -0.05) is 6.07 Å². The van der Waals surface area contributed by atoms with Crippen LogP contribution in [0.25, 0.3) is 0 Å². The number of halogens is 2. The molecule has 4 rings (SSSR count). The molecule has 0 aromatic heterocycles. The summed E-state index contributed by atoms with van der Waals surface area (Å²) >= 11 is 0. The quantitative estimate of drug-likeness (QED) is 0.810. The molecule has 7 heteroatoms. The number of aliphatic hydroxyl groups excluding tert-OH is 1. The van der Waals surface area contributed by atoms with Gasteiger partial charge in [-0.05, 0) is 48.7 Å². The third kappa shape index (κ3) is 3.91. The van der Waals surface area contributed by atoms with Crippen LogP contribution in [0.3, 0.4) is 0 Å². The van der Waals surface area contributed by atoms with Gasteiger partial charge in [0.05, 0.1) is 6.61 Å². The first-order valence-corrected chi connectivity index (χ1v) is 10.2. The molecule has 0 unspecified atom stereocenters. The topological polar surface area (TPSA) is 53.0 Å². The monoisotopic (exact) mass is 416 g/mol. The van der Waals surface area contributed by atoms with Gasteiger partial charge in [-0.15, -0.1) is 0 Å². The second-order valence-corrected chi connectivity index (χ2v) is 8.16. The van der Waals surface area contributed by atoms with Crippen LogP contribution in [0.4, 0.5) is 14.5 Å². The van der Waals surface area contributed by atoms with E-state index in [9.17, 15) is 13.6 Å². The van der Waals surface area contributed by atoms with Crippen molar-refractivity contribution in [2.45, 2.75) is 31.3 Å². The third-order valence-corrected chi connectivity index (χ3v) is 6.36. The second kappa shape index (κ2) is 8.32. The summed E-state index contributed by atoms with van der Waals surface area (Å²) in [6.07, 6.45) is 2.03. The average Bonchev–Trinajstić information content (AvgIpc) is 2.74. The fraction of sp³-hybridized carbons (Fsp3) is 0.435. The maximum atomic E-state index is 13.9. The SMILES string of the molecule is CN1c2ccc(F)cc2C(=O)CC12CCN(Cc1ccc(F)c(OCCO)c1)CC2. The Kier molecular flexibility index (Phi) is 5.75. The number of fused-ring (bicyclic) bond motifs is 1. The predicted octanol–water partition coefficient (Wildman–Crippen LogP) is 3.39. The zero-order valence-electron chi connectivity index (χ0n) is 17.0. The minimum absolute atomic E-state index is 0.000239. The van der Waals surface area contributed by atoms with Crippen LogP contribution in [0.15, 0.2) is 36.4 Å². The molecule has 0 radical (unpaired) electrons. The molecular formula is C23H26F2N2O3. The Balaban J connectivity index is 1.44. The van der Waals surface area contributed by atoms with Crippen LogP contribution >= 0.6 is 0 Å². The lowest BCUT2D eigenvalue weighted by atomic mass is 9.76. The predicted molar refractivity (Wildman–Crippen MR) is 110 cm³/mol. The van der Waals surface area contributed by atoms with E-state index in [2.05, 4.69) is 9.80 Å². The minimum Gasteiger partial charge on any atom is -0.488 e. The van der Waals surface area contributed by atoms with Crippen molar-refractivity contribution in [3.05, 3.63) is 59.2 Å². The molecule has 1 saturated heterocycles. The highest BCUT2D eigenvalue weighted by Crippen LogP contribution is 2.42. The summed E-state index contributed by atoms with van der Waals surface area (Å²) in [5.74, 6) is -0.679. The van der Waals surface area contributed by atoms with Crippen LogP contribution in [0.1, 0.15) is 35.2 Å². The van der Waals surface area contributed by atoms with Gasteiger partial charge < -0.3 is 14.7 Å². The zero-order chi connectivity index (χ0) is 21.3. The first-order valence-electron chi connectivity index (χ1n) is 10.2. The maximum Gasteiger partial charge on any atom is 0.167 e. The summed E-state index contributed by atoms with van der Waals surface area (Å²) < 4.78 is 32.7. The van der Waals surface area contributed by atoms with Crippen molar-refractivity contribution in [1.29, 1.82) is 0 Å². The van der Waals surface area contributed by atoms with Crippen LogP contribution in [0.2, 0.25) is 0 Å². The number of carbonyl (C=O) groups excluding carboxylic acids is 1. The standard InChI is InChI=1S/C23H26F2N2O3/c1-26-20-5-3-17(24)13-18(20)21(29)14-23(26)6-8-27(9-7-23)15-16-2-4-19(25)22(12-16)30-11-10-28/h2-5,12-13,28H,6-11,14-15H2,1H3. The molecule has 160 valence electrons. The molecule has 0 bridgehead atoms. The summed E-state index contributed by atoms with van der Waals surface area (Å²) in [5, 5.41) is 8.88. The number of aliphatic hydroxyl groups is 1. The van der Waals surface area contributed by atoms with E-state index in [-0.39, 0.29) is 36.1 Å². The van der Waals surface area contributed by atoms with Crippen molar-refractivity contribution in [1.82, 2.24) is 4.90 Å². The molecule has 0 saturated carbocycles. The fourth-order valence-corrected chi connectivity index (χ4v) is 4.60. The Bertz CT molecular complexity index is 942. The molecule has 30 heavy (non-hydrogen) atoms. The van der Waals surface area contributed by atoms with E-state index < -0.39 is 5.82 Å². The van der Waals surface area contributed by atoms with Gasteiger partial charge >= 0.3 is 0 Å². The van der Waals surface area contributed by atoms with Crippen LogP contribution in [0, 0.1) is 11.6 Å². The number of likely N-dealkylation sites (tertiary alicyclic amines) is 1. The zero-order valence-corrected chi connectivity index (χ0v) is 17.0. The highest BCUT2D eigenvalue weighted by molar-refractivity contribution is 6.04. The molecular weight excluding hydrogens is 390 g/mol. The van der Waals surface area contributed by atoms with Gasteiger partial charge in [0.15, 0.2) is 17.3 Å². The van der Waals surface area contributed by atoms with E-state index in [1.165, 1.54) is 18.2 Å². The van der Waals surface area contributed by atoms with Gasteiger partial charge in [0, 0.05) is 49.9 Å². The molecule has 0 amide bonds. The number of hydrogen-bond donors (Lipinski definition) is 1. The van der Waals surface area contributed by atoms with Crippen LogP contribution in [-0.2, 0) is 6.54 Å². The number of hydrogen-bond acceptors (Lipinski definition) is 5. The molecule has 2 aromatic rings. The molecule has 2 aromatic carbocycles. The van der Waals surface area contributed by atoms with Gasteiger partial charge in [-0.25, -0.2) is 8.78 Å². The molecule has 5 nitrogen and oxygen atoms in total. The van der Waals surface area contributed by atoms with E-state index >= 15 is 0 Å². The normalized spacial score (nSPS) is 18.5. The van der Waals surface area contributed by atoms with Gasteiger partial charge in [0.2, 0.25) is 0 Å². The summed E-state index contributed by atoms with van der Waals surface area (Å²) in [7, 11) is 1.99. The molecule has 0 atom stereocenters. The molecule has 2 aliphatic heterocycles. The lowest BCUT2D eigenvalue weighted by Gasteiger charge is -2.51. The molecule has 1 spiro atoms. The molecule has 1 fully saturated rings. The third-order valence-electron chi connectivity index (χ3n) is 6.36. The van der Waals surface area contributed by atoms with Gasteiger partial charge in [-0.3, -0.25) is 9.69 Å². The number of Topliss-reactive ketones (excluding diaryl/α,β-unsaturated/α-hetero) is 1. The van der Waals surface area contributed by atoms with Gasteiger partial charge in [0.1, 0.15) is 12.4 Å². The summed E-state index contributed by atoms with van der Waals surface area (Å²) in [5.41, 5.74) is 1.95. The summed E-state index contributed by atoms with van der Waals surface area (Å²) in [6, 6.07) is 9.24. The van der Waals surface area contributed by atoms with E-state index in [0.717, 1.165) is 37.2 Å². The van der Waals surface area contributed by atoms with Crippen molar-refractivity contribution in [3.63, 3.8) is 0 Å². The van der Waals surface area contributed by atoms with Gasteiger partial charge in [-0.2, -0.15) is 0 Å². The maximum absolute atomic E-state index is 13.9. The number of rotatable bonds is 5. The number of piperidine rings is 1. The van der Waals surface area contributed by atoms with Crippen molar-refractivity contribution in [2.24, 2.45) is 0 Å². The average molecular weight is 416 g/mol. The number of ether oxygens (including phenoxy) is 1. The first-order chi connectivity index (χ1) is 14.4. The Hall–Kier alpha value is -2.51. The smallest absolute Gasteiger partial charge is 0.167 e. The van der Waals surface area contributed by atoms with Crippen LogP contribution in [0.5, 0.6) is 5.75 Å². The number of ketones is 1. The van der Waals surface area contributed by atoms with E-state index in [4.69, 9.17) is 9.84 Å². The van der Waals surface area contributed by atoms with E-state index in [1.807, 2.05) is 7.05 Å². The van der Waals surface area contributed by atoms with Crippen molar-refractivity contribution < 1.29 is 23.4 Å². The molecule has 0 aliphatic carbocycles. The Morgan fingerprint density at radius 2 is 1.90 bits per heavy atom. The Labute approximate surface area is 174 Å². The summed E-state index contributed by atoms with van der Waals surface area (Å²) in [4.78, 5) is 17.1. The minimum atomic E-state index is -0.442. The lowest BCUT2D eigenvalue weighted by Crippen LogP contribution is -2.57. The molecule has 1 N–H and O–H groups in total. The lowest BCUT2D eigenvalue weighted by molar-refractivity contribution is 0.0865. The highest BCUT2D eigenvalue weighted by atomic mass is 19.1. The van der Waals surface area contributed by atoms with Crippen LogP contribution in [-0.4, -0.2) is 54.7 Å². The second-order valence-electron chi connectivity index (χ2n) is 8.16. The van der Waals surface area contributed by atoms with Gasteiger partial charge in [0.25, 0.3) is 0 Å². The van der Waals surface area contributed by atoms with Crippen LogP contribution < -0.4 is 9.64 Å². The number of carbonyl (C=O) groups is 1. The van der Waals surface area contributed by atoms with E-state index in [1.54, 1.807) is 18.2 Å². The van der Waals surface area contributed by atoms with Crippen molar-refractivity contribution in [3.8, 4) is 5.75 Å². The van der Waals surface area contributed by atoms with Crippen molar-refractivity contribution >= 4 is 11.5 Å². The molecule has 2 aliphatic rings. The number of benzene rings is 2. The van der Waals surface area contributed by atoms with Crippen molar-refractivity contribution in [2.75, 3.05) is 38.3 Å². The first kappa shape index (κ1) is 20.8. The van der Waals surface area contributed by atoms with E-state index in [0.29, 0.717) is 18.5 Å². The largest absolute Gasteiger partial charge is 0.488 e. The fourth-order valence-electron chi connectivity index (χ4n) is 4.60. The summed E-state index contributed by atoms with van der Waals surface area (Å²) in [6.45, 7) is 2.15. The highest BCUT2D eigenvalue weighted by Gasteiger charge is 2.44. The Morgan fingerprint density at radius 1 is 1.13 bits per heavy atom. The number of nitrogens with zero attached hydrogens (tertiary/aromatic N) is 2. The Morgan fingerprint density at radius 3 is 2.63 bits per heavy atom.